The van der Waals surface area contributed by atoms with E-state index in [1.807, 2.05) is 12.1 Å². The predicted octanol–water partition coefficient (Wildman–Crippen LogP) is 5.44. The van der Waals surface area contributed by atoms with Gasteiger partial charge in [0, 0.05) is 12.6 Å². The fourth-order valence-corrected chi connectivity index (χ4v) is 2.49. The van der Waals surface area contributed by atoms with Gasteiger partial charge in [-0.3, -0.25) is 0 Å². The summed E-state index contributed by atoms with van der Waals surface area (Å²) in [4.78, 5) is 0. The van der Waals surface area contributed by atoms with Crippen molar-refractivity contribution in [3.8, 4) is 0 Å². The minimum atomic E-state index is -0.156. The molecule has 0 radical (unpaired) electrons. The zero-order valence-corrected chi connectivity index (χ0v) is 13.1. The zero-order chi connectivity index (χ0) is 14.6. The minimum absolute atomic E-state index is 0.156. The third-order valence-electron chi connectivity index (χ3n) is 3.82. The summed E-state index contributed by atoms with van der Waals surface area (Å²) in [6, 6.07) is 7.44. The van der Waals surface area contributed by atoms with Crippen molar-refractivity contribution in [2.45, 2.75) is 77.8 Å². The molecule has 0 saturated heterocycles. The van der Waals surface area contributed by atoms with Crippen LogP contribution in [0.3, 0.4) is 0 Å². The van der Waals surface area contributed by atoms with Crippen LogP contribution in [0.2, 0.25) is 0 Å². The van der Waals surface area contributed by atoms with Gasteiger partial charge in [-0.15, -0.1) is 0 Å². The van der Waals surface area contributed by atoms with Crippen molar-refractivity contribution in [1.29, 1.82) is 0 Å². The van der Waals surface area contributed by atoms with Gasteiger partial charge in [-0.25, -0.2) is 4.39 Å². The van der Waals surface area contributed by atoms with Gasteiger partial charge in [-0.2, -0.15) is 0 Å². The molecule has 0 spiro atoms. The van der Waals surface area contributed by atoms with Crippen molar-refractivity contribution >= 4 is 0 Å². The molecule has 1 aromatic carbocycles. The molecule has 114 valence electrons. The predicted molar refractivity (Wildman–Crippen MR) is 85.3 cm³/mol. The van der Waals surface area contributed by atoms with E-state index in [1.165, 1.54) is 56.9 Å². The van der Waals surface area contributed by atoms with Gasteiger partial charge >= 0.3 is 0 Å². The molecule has 2 heteroatoms. The first kappa shape index (κ1) is 17.2. The molecule has 0 amide bonds. The molecule has 1 N–H and O–H groups in total. The maximum absolute atomic E-state index is 12.9. The molecule has 0 aromatic heterocycles. The van der Waals surface area contributed by atoms with Crippen LogP contribution in [0.15, 0.2) is 24.3 Å². The summed E-state index contributed by atoms with van der Waals surface area (Å²) in [6.07, 6.45) is 10.3. The van der Waals surface area contributed by atoms with Crippen LogP contribution in [0.1, 0.15) is 70.8 Å². The smallest absolute Gasteiger partial charge is 0.123 e. The normalized spacial score (nSPS) is 11.2. The van der Waals surface area contributed by atoms with Gasteiger partial charge in [0.15, 0.2) is 0 Å². The number of halogens is 1. The van der Waals surface area contributed by atoms with Gasteiger partial charge in [0.25, 0.3) is 0 Å². The lowest BCUT2D eigenvalue weighted by molar-refractivity contribution is 0.417. The molecule has 0 aliphatic carbocycles. The molecule has 0 fully saturated rings. The Morgan fingerprint density at radius 2 is 1.45 bits per heavy atom. The lowest BCUT2D eigenvalue weighted by Gasteiger charge is -2.19. The SMILES string of the molecule is CCCCCC(CCCCC)NCc1ccc(F)cc1. The maximum Gasteiger partial charge on any atom is 0.123 e. The summed E-state index contributed by atoms with van der Waals surface area (Å²) in [5.74, 6) is -0.156. The van der Waals surface area contributed by atoms with Crippen LogP contribution in [-0.4, -0.2) is 6.04 Å². The summed E-state index contributed by atoms with van der Waals surface area (Å²) in [5, 5.41) is 3.65. The first-order chi connectivity index (χ1) is 9.76. The number of benzene rings is 1. The Morgan fingerprint density at radius 1 is 0.900 bits per heavy atom. The van der Waals surface area contributed by atoms with Crippen LogP contribution in [0, 0.1) is 5.82 Å². The molecule has 0 atom stereocenters. The maximum atomic E-state index is 12.9. The van der Waals surface area contributed by atoms with Crippen LogP contribution in [0.4, 0.5) is 4.39 Å². The van der Waals surface area contributed by atoms with Crippen molar-refractivity contribution in [3.63, 3.8) is 0 Å². The van der Waals surface area contributed by atoms with E-state index in [0.717, 1.165) is 6.54 Å². The van der Waals surface area contributed by atoms with Gasteiger partial charge in [-0.05, 0) is 30.5 Å². The standard InChI is InChI=1S/C18H30FN/c1-3-5-7-9-18(10-8-6-4-2)20-15-16-11-13-17(19)14-12-16/h11-14,18,20H,3-10,15H2,1-2H3. The van der Waals surface area contributed by atoms with E-state index in [1.54, 1.807) is 12.1 Å². The van der Waals surface area contributed by atoms with Crippen molar-refractivity contribution in [3.05, 3.63) is 35.6 Å². The topological polar surface area (TPSA) is 12.0 Å². The number of hydrogen-bond donors (Lipinski definition) is 1. The van der Waals surface area contributed by atoms with Crippen molar-refractivity contribution in [1.82, 2.24) is 5.32 Å². The molecule has 0 bridgehead atoms. The average molecular weight is 279 g/mol. The lowest BCUT2D eigenvalue weighted by atomic mass is 10.0. The molecule has 0 aliphatic rings. The quantitative estimate of drug-likeness (QED) is 0.531. The van der Waals surface area contributed by atoms with Crippen LogP contribution in [0.5, 0.6) is 0 Å². The molecule has 0 unspecified atom stereocenters. The van der Waals surface area contributed by atoms with E-state index >= 15 is 0 Å². The molecule has 0 saturated carbocycles. The number of unbranched alkanes of at least 4 members (excludes halogenated alkanes) is 4. The van der Waals surface area contributed by atoms with Crippen molar-refractivity contribution < 1.29 is 4.39 Å². The highest BCUT2D eigenvalue weighted by Crippen LogP contribution is 2.12. The Labute approximate surface area is 124 Å². The first-order valence-corrected chi connectivity index (χ1v) is 8.24. The highest BCUT2D eigenvalue weighted by molar-refractivity contribution is 5.15. The summed E-state index contributed by atoms with van der Waals surface area (Å²) < 4.78 is 12.9. The largest absolute Gasteiger partial charge is 0.310 e. The molecular formula is C18H30FN. The lowest BCUT2D eigenvalue weighted by Crippen LogP contribution is -2.28. The summed E-state index contributed by atoms with van der Waals surface area (Å²) in [7, 11) is 0. The molecule has 1 rings (SSSR count). The highest BCUT2D eigenvalue weighted by atomic mass is 19.1. The Balaban J connectivity index is 2.35. The average Bonchev–Trinajstić information content (AvgIpc) is 2.46. The van der Waals surface area contributed by atoms with Gasteiger partial charge in [0.1, 0.15) is 5.82 Å². The van der Waals surface area contributed by atoms with Gasteiger partial charge in [-0.1, -0.05) is 64.5 Å². The van der Waals surface area contributed by atoms with Crippen LogP contribution < -0.4 is 5.32 Å². The Bertz CT molecular complexity index is 324. The van der Waals surface area contributed by atoms with E-state index in [9.17, 15) is 4.39 Å². The fraction of sp³-hybridized carbons (Fsp3) is 0.667. The second-order valence-corrected chi connectivity index (χ2v) is 5.70. The van der Waals surface area contributed by atoms with E-state index in [0.29, 0.717) is 6.04 Å². The highest BCUT2D eigenvalue weighted by Gasteiger charge is 2.07. The fourth-order valence-electron chi connectivity index (χ4n) is 2.49. The molecule has 1 nitrogen and oxygen atoms in total. The Hall–Kier alpha value is -0.890. The van der Waals surface area contributed by atoms with Gasteiger partial charge in [0.05, 0.1) is 0 Å². The molecular weight excluding hydrogens is 249 g/mol. The number of rotatable bonds is 11. The second kappa shape index (κ2) is 10.8. The van der Waals surface area contributed by atoms with Gasteiger partial charge in [0.2, 0.25) is 0 Å². The monoisotopic (exact) mass is 279 g/mol. The Morgan fingerprint density at radius 3 is 1.95 bits per heavy atom. The van der Waals surface area contributed by atoms with E-state index in [4.69, 9.17) is 0 Å². The Kier molecular flexibility index (Phi) is 9.31. The summed E-state index contributed by atoms with van der Waals surface area (Å²) in [6.45, 7) is 5.35. The molecule has 0 aliphatic heterocycles. The van der Waals surface area contributed by atoms with E-state index < -0.39 is 0 Å². The number of hydrogen-bond acceptors (Lipinski definition) is 1. The second-order valence-electron chi connectivity index (χ2n) is 5.70. The number of nitrogens with one attached hydrogen (secondary N) is 1. The first-order valence-electron chi connectivity index (χ1n) is 8.24. The molecule has 20 heavy (non-hydrogen) atoms. The van der Waals surface area contributed by atoms with E-state index in [-0.39, 0.29) is 5.82 Å². The minimum Gasteiger partial charge on any atom is -0.310 e. The van der Waals surface area contributed by atoms with Crippen LogP contribution in [0.25, 0.3) is 0 Å². The summed E-state index contributed by atoms with van der Waals surface area (Å²) >= 11 is 0. The van der Waals surface area contributed by atoms with Crippen molar-refractivity contribution in [2.75, 3.05) is 0 Å². The molecule has 0 heterocycles. The van der Waals surface area contributed by atoms with Crippen molar-refractivity contribution in [2.24, 2.45) is 0 Å². The van der Waals surface area contributed by atoms with E-state index in [2.05, 4.69) is 19.2 Å². The molecule has 1 aromatic rings. The summed E-state index contributed by atoms with van der Waals surface area (Å²) in [5.41, 5.74) is 1.17. The van der Waals surface area contributed by atoms with Crippen LogP contribution in [-0.2, 0) is 6.54 Å². The third kappa shape index (κ3) is 7.64. The zero-order valence-electron chi connectivity index (χ0n) is 13.1. The third-order valence-corrected chi connectivity index (χ3v) is 3.82. The van der Waals surface area contributed by atoms with Crippen LogP contribution >= 0.6 is 0 Å². The van der Waals surface area contributed by atoms with Gasteiger partial charge < -0.3 is 5.32 Å².